The van der Waals surface area contributed by atoms with E-state index in [1.165, 1.54) is 12.7 Å². The molecule has 0 heterocycles. The smallest absolute Gasteiger partial charge is 0.305 e. The summed E-state index contributed by atoms with van der Waals surface area (Å²) in [4.78, 5) is 16.9. The van der Waals surface area contributed by atoms with Gasteiger partial charge in [-0.3, -0.25) is 4.79 Å². The standard InChI is InChI=1S/C38H41NO5/c1-42-36(41)20-9-4-3-8-18-33-35(44-26-27-21-23-29(24-22-27)28-13-6-5-7-14-28)25-34(40)37(33)38(39-43-2)32-19-12-16-30-15-10-11-17-31(30)32/h3,5-8,10-17,19,21-24,33-35,37,40H,4,9,18,20,25-26H2,1-2H3/b8-3-,39-38?/t33-,34+,35-,37+/m0/s1. The fraction of sp³-hybridized carbons (Fsp3) is 0.316. The van der Waals surface area contributed by atoms with Crippen LogP contribution in [0.15, 0.2) is 114 Å². The number of carbonyl (C=O) groups excluding carboxylic acids is 1. The Balaban J connectivity index is 1.37. The molecule has 1 N–H and O–H groups in total. The van der Waals surface area contributed by atoms with Gasteiger partial charge in [-0.2, -0.15) is 0 Å². The highest BCUT2D eigenvalue weighted by atomic mass is 16.6. The topological polar surface area (TPSA) is 77.4 Å². The molecule has 0 spiro atoms. The number of hydrogen-bond donors (Lipinski definition) is 1. The summed E-state index contributed by atoms with van der Waals surface area (Å²) in [7, 11) is 2.96. The summed E-state index contributed by atoms with van der Waals surface area (Å²) in [5.74, 6) is -0.512. The van der Waals surface area contributed by atoms with Crippen molar-refractivity contribution in [3.05, 3.63) is 120 Å². The molecule has 0 amide bonds. The van der Waals surface area contributed by atoms with Crippen molar-refractivity contribution in [2.75, 3.05) is 14.2 Å². The minimum absolute atomic E-state index is 0.0293. The number of ether oxygens (including phenoxy) is 2. The normalized spacial score (nSPS) is 20.3. The molecule has 0 radical (unpaired) electrons. The lowest BCUT2D eigenvalue weighted by Gasteiger charge is -2.26. The van der Waals surface area contributed by atoms with E-state index in [2.05, 4.69) is 78.0 Å². The van der Waals surface area contributed by atoms with Crippen LogP contribution >= 0.6 is 0 Å². The summed E-state index contributed by atoms with van der Waals surface area (Å²) in [6.45, 7) is 0.448. The van der Waals surface area contributed by atoms with Crippen LogP contribution in [0.25, 0.3) is 21.9 Å². The first-order valence-corrected chi connectivity index (χ1v) is 15.3. The number of methoxy groups -OCH3 is 1. The van der Waals surface area contributed by atoms with Crippen LogP contribution in [-0.2, 0) is 25.7 Å². The minimum atomic E-state index is -0.647. The molecular formula is C38H41NO5. The molecule has 0 aromatic heterocycles. The largest absolute Gasteiger partial charge is 0.469 e. The lowest BCUT2D eigenvalue weighted by Crippen LogP contribution is -2.31. The highest BCUT2D eigenvalue weighted by molar-refractivity contribution is 6.12. The Morgan fingerprint density at radius 2 is 1.61 bits per heavy atom. The van der Waals surface area contributed by atoms with Gasteiger partial charge in [-0.1, -0.05) is 114 Å². The molecule has 44 heavy (non-hydrogen) atoms. The first-order chi connectivity index (χ1) is 21.6. The predicted octanol–water partition coefficient (Wildman–Crippen LogP) is 7.73. The molecule has 1 aliphatic rings. The van der Waals surface area contributed by atoms with Gasteiger partial charge in [0.05, 0.1) is 31.6 Å². The molecular weight excluding hydrogens is 550 g/mol. The van der Waals surface area contributed by atoms with Gasteiger partial charge in [0.1, 0.15) is 7.11 Å². The Bertz CT molecular complexity index is 1560. The maximum Gasteiger partial charge on any atom is 0.305 e. The lowest BCUT2D eigenvalue weighted by atomic mass is 9.82. The average Bonchev–Trinajstić information content (AvgIpc) is 3.38. The first-order valence-electron chi connectivity index (χ1n) is 15.3. The molecule has 6 nitrogen and oxygen atoms in total. The Kier molecular flexibility index (Phi) is 11.0. The number of allylic oxidation sites excluding steroid dienone is 2. The number of benzene rings is 4. The number of oxime groups is 1. The molecule has 0 aliphatic heterocycles. The zero-order chi connectivity index (χ0) is 30.7. The van der Waals surface area contributed by atoms with Crippen LogP contribution in [-0.4, -0.2) is 43.2 Å². The predicted molar refractivity (Wildman–Crippen MR) is 175 cm³/mol. The molecule has 1 aliphatic carbocycles. The average molecular weight is 592 g/mol. The van der Waals surface area contributed by atoms with Gasteiger partial charge in [0.25, 0.3) is 0 Å². The van der Waals surface area contributed by atoms with Gasteiger partial charge in [0.15, 0.2) is 0 Å². The Morgan fingerprint density at radius 1 is 0.886 bits per heavy atom. The second-order valence-corrected chi connectivity index (χ2v) is 11.3. The summed E-state index contributed by atoms with van der Waals surface area (Å²) in [6, 6.07) is 33.1. The quantitative estimate of drug-likeness (QED) is 0.0566. The van der Waals surface area contributed by atoms with E-state index >= 15 is 0 Å². The minimum Gasteiger partial charge on any atom is -0.469 e. The number of nitrogens with zero attached hydrogens (tertiary/aromatic N) is 1. The lowest BCUT2D eigenvalue weighted by molar-refractivity contribution is -0.140. The van der Waals surface area contributed by atoms with Gasteiger partial charge < -0.3 is 19.4 Å². The van der Waals surface area contributed by atoms with Crippen molar-refractivity contribution < 1.29 is 24.2 Å². The molecule has 228 valence electrons. The SMILES string of the molecule is CON=C(c1cccc2ccccc12)[C@@H]1[C@@H](C/C=C\CCCC(=O)OC)[C@@H](OCc2ccc(-c3ccccc3)cc2)C[C@H]1O. The Labute approximate surface area is 260 Å². The van der Waals surface area contributed by atoms with E-state index < -0.39 is 6.10 Å². The molecule has 6 heteroatoms. The number of esters is 1. The van der Waals surface area contributed by atoms with Crippen molar-refractivity contribution in [1.29, 1.82) is 0 Å². The Morgan fingerprint density at radius 3 is 2.39 bits per heavy atom. The number of hydrogen-bond acceptors (Lipinski definition) is 6. The monoisotopic (exact) mass is 591 g/mol. The molecule has 4 aromatic carbocycles. The zero-order valence-electron chi connectivity index (χ0n) is 25.5. The third kappa shape index (κ3) is 7.62. The third-order valence-electron chi connectivity index (χ3n) is 8.48. The van der Waals surface area contributed by atoms with Gasteiger partial charge in [-0.05, 0) is 52.6 Å². The van der Waals surface area contributed by atoms with Crippen LogP contribution < -0.4 is 0 Å². The maximum atomic E-state index is 11.6. The number of carbonyl (C=O) groups is 1. The molecule has 0 bridgehead atoms. The number of unbranched alkanes of at least 4 members (excludes halogenated alkanes) is 1. The van der Waals surface area contributed by atoms with Gasteiger partial charge in [-0.15, -0.1) is 0 Å². The maximum absolute atomic E-state index is 11.6. The number of fused-ring (bicyclic) bond motifs is 1. The highest BCUT2D eigenvalue weighted by Gasteiger charge is 2.46. The van der Waals surface area contributed by atoms with Crippen LogP contribution in [0.3, 0.4) is 0 Å². The molecule has 5 rings (SSSR count). The van der Waals surface area contributed by atoms with Crippen molar-refractivity contribution in [2.24, 2.45) is 17.0 Å². The number of aliphatic hydroxyl groups is 1. The van der Waals surface area contributed by atoms with Gasteiger partial charge in [0, 0.05) is 24.3 Å². The highest BCUT2D eigenvalue weighted by Crippen LogP contribution is 2.41. The molecule has 1 fully saturated rings. The molecule has 0 unspecified atom stereocenters. The summed E-state index contributed by atoms with van der Waals surface area (Å²) >= 11 is 0. The van der Waals surface area contributed by atoms with Crippen molar-refractivity contribution in [1.82, 2.24) is 0 Å². The zero-order valence-corrected chi connectivity index (χ0v) is 25.5. The van der Waals surface area contributed by atoms with E-state index in [9.17, 15) is 9.90 Å². The molecule has 4 aromatic rings. The number of rotatable bonds is 13. The van der Waals surface area contributed by atoms with E-state index in [4.69, 9.17) is 14.3 Å². The van der Waals surface area contributed by atoms with Crippen LogP contribution in [0.5, 0.6) is 0 Å². The summed E-state index contributed by atoms with van der Waals surface area (Å²) in [5.41, 5.74) is 5.12. The van der Waals surface area contributed by atoms with Crippen molar-refractivity contribution in [2.45, 2.75) is 50.9 Å². The second kappa shape index (κ2) is 15.5. The second-order valence-electron chi connectivity index (χ2n) is 11.3. The van der Waals surface area contributed by atoms with Gasteiger partial charge >= 0.3 is 5.97 Å². The molecule has 4 atom stereocenters. The van der Waals surface area contributed by atoms with E-state index in [0.29, 0.717) is 25.9 Å². The van der Waals surface area contributed by atoms with E-state index in [1.807, 2.05) is 36.4 Å². The van der Waals surface area contributed by atoms with E-state index in [0.717, 1.165) is 46.0 Å². The van der Waals surface area contributed by atoms with Crippen LogP contribution in [0.4, 0.5) is 0 Å². The van der Waals surface area contributed by atoms with Gasteiger partial charge in [-0.25, -0.2) is 0 Å². The van der Waals surface area contributed by atoms with E-state index in [1.54, 1.807) is 7.11 Å². The van der Waals surface area contributed by atoms with Crippen molar-refractivity contribution in [3.63, 3.8) is 0 Å². The first kappa shape index (κ1) is 31.2. The third-order valence-corrected chi connectivity index (χ3v) is 8.48. The van der Waals surface area contributed by atoms with Gasteiger partial charge in [0.2, 0.25) is 0 Å². The van der Waals surface area contributed by atoms with Crippen molar-refractivity contribution in [3.8, 4) is 11.1 Å². The van der Waals surface area contributed by atoms with Crippen LogP contribution in [0.1, 0.15) is 43.2 Å². The molecule has 1 saturated carbocycles. The summed E-state index contributed by atoms with van der Waals surface area (Å²) in [5, 5.41) is 18.3. The van der Waals surface area contributed by atoms with Crippen molar-refractivity contribution >= 4 is 22.5 Å². The van der Waals surface area contributed by atoms with Crippen LogP contribution in [0, 0.1) is 11.8 Å². The van der Waals surface area contributed by atoms with Crippen LogP contribution in [0.2, 0.25) is 0 Å². The summed E-state index contributed by atoms with van der Waals surface area (Å²) < 4.78 is 11.3. The van der Waals surface area contributed by atoms with E-state index in [-0.39, 0.29) is 23.9 Å². The fourth-order valence-corrected chi connectivity index (χ4v) is 6.25. The summed E-state index contributed by atoms with van der Waals surface area (Å²) in [6.07, 6.45) is 6.52. The Hall–Kier alpha value is -4.26. The number of aliphatic hydroxyl groups excluding tert-OH is 1. The fourth-order valence-electron chi connectivity index (χ4n) is 6.25. The molecule has 0 saturated heterocycles.